The molecule has 0 radical (unpaired) electrons. The smallest absolute Gasteiger partial charge is 0.279 e. The Bertz CT molecular complexity index is 1890. The molecule has 3 unspecified atom stereocenters. The lowest BCUT2D eigenvalue weighted by atomic mass is 10.0. The number of rotatable bonds is 22. The van der Waals surface area contributed by atoms with Crippen molar-refractivity contribution >= 4 is 182 Å². The number of halogens is 6. The maximum atomic E-state index is 13.7. The predicted molar refractivity (Wildman–Crippen MR) is 271 cm³/mol. The Hall–Kier alpha value is -0.720. The lowest BCUT2D eigenvalue weighted by Gasteiger charge is -2.32. The van der Waals surface area contributed by atoms with Gasteiger partial charge in [-0.25, -0.2) is 10.1 Å². The summed E-state index contributed by atoms with van der Waals surface area (Å²) in [6, 6.07) is 0. The fourth-order valence-electron chi connectivity index (χ4n) is 5.41. The maximum Gasteiger partial charge on any atom is 0.279 e. The lowest BCUT2D eigenvalue weighted by molar-refractivity contribution is -0.117. The van der Waals surface area contributed by atoms with Crippen LogP contribution >= 0.6 is 136 Å². The molecule has 0 saturated heterocycles. The van der Waals surface area contributed by atoms with Crippen LogP contribution in [0.5, 0.6) is 0 Å². The minimum Gasteiger partial charge on any atom is -0.396 e. The third kappa shape index (κ3) is 14.6. The average Bonchev–Trinajstić information content (AvgIpc) is 3.21. The van der Waals surface area contributed by atoms with Gasteiger partial charge in [-0.2, -0.15) is 0 Å². The fraction of sp³-hybridized carbons (Fsp3) is 0.486. The van der Waals surface area contributed by atoms with E-state index in [1.54, 1.807) is 136 Å². The second kappa shape index (κ2) is 27.2. The second-order valence-electron chi connectivity index (χ2n) is 13.1. The molecule has 0 bridgehead atoms. The molecule has 6 amide bonds. The van der Waals surface area contributed by atoms with Crippen molar-refractivity contribution in [2.45, 2.75) is 45.0 Å². The molecule has 11 N–H and O–H groups in total. The van der Waals surface area contributed by atoms with Crippen LogP contribution in [0, 0.1) is 21.4 Å². The molecule has 3 atom stereocenters. The van der Waals surface area contributed by atoms with E-state index in [0.29, 0.717) is 10.1 Å². The number of hydrogen-bond donors (Lipinski definition) is 11. The van der Waals surface area contributed by atoms with Crippen molar-refractivity contribution in [3.8, 4) is 0 Å². The van der Waals surface area contributed by atoms with Crippen LogP contribution < -0.4 is 20.4 Å². The van der Waals surface area contributed by atoms with E-state index in [4.69, 9.17) is 0 Å². The molecule has 0 aliphatic carbocycles. The molecule has 21 nitrogen and oxygen atoms in total. The third-order valence-electron chi connectivity index (χ3n) is 8.50. The van der Waals surface area contributed by atoms with Crippen LogP contribution in [0.15, 0.2) is 0 Å². The van der Waals surface area contributed by atoms with Crippen LogP contribution in [0.2, 0.25) is 0 Å². The molecule has 0 saturated carbocycles. The van der Waals surface area contributed by atoms with Gasteiger partial charge in [0.25, 0.3) is 23.6 Å². The first-order valence-corrected chi connectivity index (χ1v) is 24.5. The Morgan fingerprint density at radius 3 is 1.11 bits per heavy atom. The van der Waals surface area contributed by atoms with Gasteiger partial charge in [-0.3, -0.25) is 39.2 Å². The quantitative estimate of drug-likeness (QED) is 0.0439. The van der Waals surface area contributed by atoms with E-state index in [2.05, 4.69) is 10.6 Å². The van der Waals surface area contributed by atoms with Gasteiger partial charge >= 0.3 is 0 Å². The van der Waals surface area contributed by atoms with Crippen LogP contribution in [0.1, 0.15) is 68.1 Å². The van der Waals surface area contributed by atoms with E-state index >= 15 is 0 Å². The monoisotopic (exact) mass is 1550 g/mol. The Labute approximate surface area is 437 Å². The van der Waals surface area contributed by atoms with Gasteiger partial charge in [0.1, 0.15) is 0 Å². The van der Waals surface area contributed by atoms with E-state index < -0.39 is 93.1 Å². The van der Waals surface area contributed by atoms with Crippen LogP contribution in [-0.2, 0) is 9.59 Å². The van der Waals surface area contributed by atoms with Crippen molar-refractivity contribution in [1.82, 2.24) is 20.8 Å². The van der Waals surface area contributed by atoms with Crippen molar-refractivity contribution in [1.29, 1.82) is 0 Å². The zero-order valence-corrected chi connectivity index (χ0v) is 45.7. The number of carbonyl (C=O) groups is 6. The largest absolute Gasteiger partial charge is 0.396 e. The summed E-state index contributed by atoms with van der Waals surface area (Å²) in [7, 11) is 0. The summed E-state index contributed by atoms with van der Waals surface area (Å²) in [5.41, 5.74) is -0.885. The fourth-order valence-corrected chi connectivity index (χ4v) is 14.8. The van der Waals surface area contributed by atoms with Crippen molar-refractivity contribution in [2.24, 2.45) is 0 Å². The third-order valence-corrected chi connectivity index (χ3v) is 14.9. The molecule has 0 aromatic heterocycles. The minimum atomic E-state index is -1.65. The van der Waals surface area contributed by atoms with Crippen LogP contribution in [0.3, 0.4) is 0 Å². The number of nitrogens with one attached hydrogen (secondary N) is 2. The molecule has 62 heavy (non-hydrogen) atoms. The molecule has 2 aromatic carbocycles. The SMILES string of the molecule is CC(=O)N(CC(O)CN(C(C)=O)c1c(I)c(C(=O)N(O)CCCO)c(I)c(C(=O)N(O)CCCO)c1I)c1c(I)c(C(=O)NCC(O)CO)c(I)c(C(=O)NCC(O)CO)c1I. The molecule has 2 rings (SSSR count). The van der Waals surface area contributed by atoms with Crippen molar-refractivity contribution in [2.75, 3.05) is 75.5 Å². The van der Waals surface area contributed by atoms with E-state index in [1.807, 2.05) is 0 Å². The van der Waals surface area contributed by atoms with Gasteiger partial charge in [0.15, 0.2) is 0 Å². The maximum absolute atomic E-state index is 13.7. The highest BCUT2D eigenvalue weighted by Crippen LogP contribution is 2.41. The molecule has 0 aliphatic rings. The minimum absolute atomic E-state index is 0.0150. The summed E-state index contributed by atoms with van der Waals surface area (Å²) in [6.45, 7) is -2.43. The van der Waals surface area contributed by atoms with Gasteiger partial charge < -0.3 is 56.2 Å². The van der Waals surface area contributed by atoms with Gasteiger partial charge in [0.05, 0.1) is 106 Å². The molecule has 0 spiro atoms. The van der Waals surface area contributed by atoms with E-state index in [9.17, 15) is 74.9 Å². The molecule has 2 aromatic rings. The van der Waals surface area contributed by atoms with Crippen molar-refractivity contribution < 1.29 is 74.9 Å². The Morgan fingerprint density at radius 2 is 0.823 bits per heavy atom. The van der Waals surface area contributed by atoms with Crippen molar-refractivity contribution in [3.63, 3.8) is 0 Å². The Balaban J connectivity index is 2.88. The summed E-state index contributed by atoms with van der Waals surface area (Å²) in [5, 5.41) is 95.7. The first-order chi connectivity index (χ1) is 29.0. The van der Waals surface area contributed by atoms with E-state index in [-0.39, 0.29) is 94.2 Å². The van der Waals surface area contributed by atoms with E-state index in [1.165, 1.54) is 0 Å². The molecule has 0 fully saturated rings. The summed E-state index contributed by atoms with van der Waals surface area (Å²) < 4.78 is 0.376. The van der Waals surface area contributed by atoms with Gasteiger partial charge in [0, 0.05) is 47.3 Å². The summed E-state index contributed by atoms with van der Waals surface area (Å²) in [4.78, 5) is 83.9. The summed E-state index contributed by atoms with van der Waals surface area (Å²) in [6.07, 6.45) is -4.35. The van der Waals surface area contributed by atoms with Crippen LogP contribution in [0.4, 0.5) is 11.4 Å². The predicted octanol–water partition coefficient (Wildman–Crippen LogP) is 0.675. The normalized spacial score (nSPS) is 12.6. The van der Waals surface area contributed by atoms with Crippen LogP contribution in [-0.4, -0.2) is 176 Å². The molecule has 0 heterocycles. The van der Waals surface area contributed by atoms with Gasteiger partial charge in [-0.15, -0.1) is 0 Å². The van der Waals surface area contributed by atoms with Crippen molar-refractivity contribution in [3.05, 3.63) is 43.7 Å². The number of hydroxylamine groups is 4. The van der Waals surface area contributed by atoms with Gasteiger partial charge in [0.2, 0.25) is 11.8 Å². The lowest BCUT2D eigenvalue weighted by Crippen LogP contribution is -2.45. The molecule has 346 valence electrons. The topological polar surface area (TPSA) is 322 Å². The number of nitrogens with zero attached hydrogens (tertiary/aromatic N) is 4. The number of benzene rings is 2. The number of carbonyl (C=O) groups excluding carboxylic acids is 6. The standard InChI is InChI=1S/C35H44I6N6O15/c1-15(52)44(30-26(38)20(32(57)42-9-17(54)13-50)24(36)21(27(30)39)33(58)43-10-18(55)14-51)11-19(56)12-45(16(2)53)31-28(40)22(34(59)46(61)5-3-7-48)25(37)23(29(31)41)35(60)47(62)6-4-8-49/h17-19,48-51,54-56,61-62H,3-14H2,1-2H3,(H,42,57)(H,43,58). The zero-order chi connectivity index (χ0) is 47.3. The van der Waals surface area contributed by atoms with Gasteiger partial charge in [-0.05, 0) is 148 Å². The van der Waals surface area contributed by atoms with Gasteiger partial charge in [-0.1, -0.05) is 0 Å². The molecular weight excluding hydrogens is 1510 g/mol. The average molecular weight is 1550 g/mol. The molecule has 0 aliphatic heterocycles. The number of anilines is 2. The highest BCUT2D eigenvalue weighted by Gasteiger charge is 2.36. The first kappa shape index (κ1) is 57.4. The number of amides is 6. The van der Waals surface area contributed by atoms with E-state index in [0.717, 1.165) is 23.6 Å². The highest BCUT2D eigenvalue weighted by molar-refractivity contribution is 14.1. The number of aliphatic hydroxyl groups is 7. The zero-order valence-electron chi connectivity index (χ0n) is 32.7. The summed E-state index contributed by atoms with van der Waals surface area (Å²) in [5.74, 6) is -5.09. The first-order valence-electron chi connectivity index (χ1n) is 18.1. The Kier molecular flexibility index (Phi) is 25.2. The Morgan fingerprint density at radius 1 is 0.516 bits per heavy atom. The molecular formula is C35H44I6N6O15. The summed E-state index contributed by atoms with van der Waals surface area (Å²) >= 11 is 10.5. The molecule has 27 heteroatoms. The number of aliphatic hydroxyl groups excluding tert-OH is 7. The van der Waals surface area contributed by atoms with Crippen LogP contribution in [0.25, 0.3) is 0 Å². The number of hydrogen-bond acceptors (Lipinski definition) is 15. The second-order valence-corrected chi connectivity index (χ2v) is 19.6. The highest BCUT2D eigenvalue weighted by atomic mass is 127.